The lowest BCUT2D eigenvalue weighted by atomic mass is 10.1. The molecule has 0 spiro atoms. The van der Waals surface area contributed by atoms with Crippen molar-refractivity contribution in [3.8, 4) is 0 Å². The first kappa shape index (κ1) is 12.8. The van der Waals surface area contributed by atoms with E-state index < -0.39 is 0 Å². The molecule has 0 aliphatic heterocycles. The van der Waals surface area contributed by atoms with E-state index in [2.05, 4.69) is 22.8 Å². The third-order valence-electron chi connectivity index (χ3n) is 3.61. The van der Waals surface area contributed by atoms with Crippen molar-refractivity contribution in [1.29, 1.82) is 0 Å². The van der Waals surface area contributed by atoms with Gasteiger partial charge in [-0.25, -0.2) is 4.39 Å². The molecule has 2 aromatic rings. The summed E-state index contributed by atoms with van der Waals surface area (Å²) < 4.78 is 13.1. The molecule has 1 saturated carbocycles. The lowest BCUT2D eigenvalue weighted by molar-refractivity contribution is 0.491. The maximum Gasteiger partial charge on any atom is 0.123 e. The van der Waals surface area contributed by atoms with Crippen LogP contribution in [-0.4, -0.2) is 6.54 Å². The van der Waals surface area contributed by atoms with E-state index >= 15 is 0 Å². The van der Waals surface area contributed by atoms with Crippen LogP contribution in [0.25, 0.3) is 0 Å². The Morgan fingerprint density at radius 2 is 2.16 bits per heavy atom. The van der Waals surface area contributed by atoms with Gasteiger partial charge in [0.1, 0.15) is 5.82 Å². The van der Waals surface area contributed by atoms with E-state index in [4.69, 9.17) is 0 Å². The van der Waals surface area contributed by atoms with Crippen molar-refractivity contribution >= 4 is 11.3 Å². The monoisotopic (exact) mass is 275 g/mol. The Hall–Kier alpha value is -1.19. The average Bonchev–Trinajstić information content (AvgIpc) is 3.09. The molecule has 19 heavy (non-hydrogen) atoms. The summed E-state index contributed by atoms with van der Waals surface area (Å²) in [6.45, 7) is 0.905. The molecule has 1 aliphatic rings. The van der Waals surface area contributed by atoms with Crippen molar-refractivity contribution in [2.45, 2.75) is 25.3 Å². The minimum Gasteiger partial charge on any atom is -0.309 e. The number of nitrogens with one attached hydrogen (secondary N) is 1. The van der Waals surface area contributed by atoms with Crippen LogP contribution in [-0.2, 0) is 6.42 Å². The van der Waals surface area contributed by atoms with E-state index in [-0.39, 0.29) is 5.82 Å². The van der Waals surface area contributed by atoms with Crippen molar-refractivity contribution in [3.63, 3.8) is 0 Å². The fraction of sp³-hybridized carbons (Fsp3) is 0.375. The molecule has 0 bridgehead atoms. The molecule has 1 aromatic heterocycles. The molecule has 1 atom stereocenters. The molecule has 1 aromatic carbocycles. The Labute approximate surface area is 117 Å². The van der Waals surface area contributed by atoms with Crippen LogP contribution in [0.2, 0.25) is 0 Å². The second-order valence-corrected chi connectivity index (χ2v) is 6.14. The van der Waals surface area contributed by atoms with Gasteiger partial charge in [0.05, 0.1) is 0 Å². The minimum atomic E-state index is -0.144. The van der Waals surface area contributed by atoms with Gasteiger partial charge >= 0.3 is 0 Å². The molecule has 100 valence electrons. The van der Waals surface area contributed by atoms with Gasteiger partial charge in [-0.3, -0.25) is 0 Å². The molecular formula is C16H18FNS. The molecule has 3 rings (SSSR count). The van der Waals surface area contributed by atoms with Crippen LogP contribution in [0.4, 0.5) is 4.39 Å². The van der Waals surface area contributed by atoms with Gasteiger partial charge in [-0.15, -0.1) is 11.3 Å². The highest BCUT2D eigenvalue weighted by molar-refractivity contribution is 7.10. The smallest absolute Gasteiger partial charge is 0.123 e. The quantitative estimate of drug-likeness (QED) is 0.834. The summed E-state index contributed by atoms with van der Waals surface area (Å²) >= 11 is 1.83. The lowest BCUT2D eigenvalue weighted by Gasteiger charge is -2.16. The third kappa shape index (κ3) is 3.43. The molecule has 0 radical (unpaired) electrons. The maximum atomic E-state index is 13.1. The molecule has 1 fully saturated rings. The van der Waals surface area contributed by atoms with Gasteiger partial charge in [0, 0.05) is 10.9 Å². The van der Waals surface area contributed by atoms with Gasteiger partial charge in [0.2, 0.25) is 0 Å². The van der Waals surface area contributed by atoms with Crippen LogP contribution in [0.1, 0.15) is 29.3 Å². The highest BCUT2D eigenvalue weighted by atomic mass is 32.1. The largest absolute Gasteiger partial charge is 0.309 e. The SMILES string of the molecule is Fc1cccc(CCNC(c2cccs2)C2CC2)c1. The Morgan fingerprint density at radius 1 is 1.26 bits per heavy atom. The third-order valence-corrected chi connectivity index (χ3v) is 4.57. The van der Waals surface area contributed by atoms with Gasteiger partial charge < -0.3 is 5.32 Å². The topological polar surface area (TPSA) is 12.0 Å². The predicted molar refractivity (Wildman–Crippen MR) is 77.9 cm³/mol. The van der Waals surface area contributed by atoms with E-state index in [0.717, 1.165) is 24.4 Å². The number of benzene rings is 1. The van der Waals surface area contributed by atoms with Crippen LogP contribution in [0.5, 0.6) is 0 Å². The lowest BCUT2D eigenvalue weighted by Crippen LogP contribution is -2.24. The standard InChI is InChI=1S/C16H18FNS/c17-14-4-1-3-12(11-14)8-9-18-16(13-6-7-13)15-5-2-10-19-15/h1-5,10-11,13,16,18H,6-9H2. The first-order valence-corrected chi connectivity index (χ1v) is 7.72. The van der Waals surface area contributed by atoms with Crippen molar-refractivity contribution in [1.82, 2.24) is 5.32 Å². The van der Waals surface area contributed by atoms with Gasteiger partial charge in [-0.05, 0) is 60.9 Å². The molecule has 1 unspecified atom stereocenters. The molecule has 0 amide bonds. The maximum absolute atomic E-state index is 13.1. The first-order chi connectivity index (χ1) is 9.33. The van der Waals surface area contributed by atoms with E-state index in [0.29, 0.717) is 6.04 Å². The fourth-order valence-electron chi connectivity index (χ4n) is 2.46. The Balaban J connectivity index is 1.56. The number of hydrogen-bond acceptors (Lipinski definition) is 2. The van der Waals surface area contributed by atoms with E-state index in [1.54, 1.807) is 12.1 Å². The van der Waals surface area contributed by atoms with Crippen LogP contribution in [0.15, 0.2) is 41.8 Å². The van der Waals surface area contributed by atoms with Crippen LogP contribution in [0, 0.1) is 11.7 Å². The number of rotatable bonds is 6. The van der Waals surface area contributed by atoms with Gasteiger partial charge in [0.15, 0.2) is 0 Å². The number of thiophene rings is 1. The van der Waals surface area contributed by atoms with E-state index in [1.165, 1.54) is 23.8 Å². The van der Waals surface area contributed by atoms with E-state index in [9.17, 15) is 4.39 Å². The summed E-state index contributed by atoms with van der Waals surface area (Å²) in [4.78, 5) is 1.43. The van der Waals surface area contributed by atoms with Crippen LogP contribution in [0.3, 0.4) is 0 Å². The molecule has 1 heterocycles. The van der Waals surface area contributed by atoms with Crippen molar-refractivity contribution < 1.29 is 4.39 Å². The Kier molecular flexibility index (Phi) is 3.95. The Bertz CT molecular complexity index is 519. The highest BCUT2D eigenvalue weighted by Crippen LogP contribution is 2.42. The molecule has 1 N–H and O–H groups in total. The summed E-state index contributed by atoms with van der Waals surface area (Å²) in [5, 5.41) is 5.78. The van der Waals surface area contributed by atoms with Crippen molar-refractivity contribution in [2.75, 3.05) is 6.54 Å². The molecule has 3 heteroatoms. The van der Waals surface area contributed by atoms with Gasteiger partial charge in [0.25, 0.3) is 0 Å². The molecule has 1 nitrogen and oxygen atoms in total. The summed E-state index contributed by atoms with van der Waals surface area (Å²) in [5.41, 5.74) is 1.06. The zero-order chi connectivity index (χ0) is 13.1. The highest BCUT2D eigenvalue weighted by Gasteiger charge is 2.32. The number of hydrogen-bond donors (Lipinski definition) is 1. The zero-order valence-corrected chi connectivity index (χ0v) is 11.6. The molecule has 1 aliphatic carbocycles. The van der Waals surface area contributed by atoms with Crippen LogP contribution < -0.4 is 5.32 Å². The fourth-order valence-corrected chi connectivity index (χ4v) is 3.36. The predicted octanol–water partition coefficient (Wildman–Crippen LogP) is 4.17. The Morgan fingerprint density at radius 3 is 2.84 bits per heavy atom. The summed E-state index contributed by atoms with van der Waals surface area (Å²) in [6.07, 6.45) is 3.54. The van der Waals surface area contributed by atoms with Crippen LogP contribution >= 0.6 is 11.3 Å². The summed E-state index contributed by atoms with van der Waals surface area (Å²) in [7, 11) is 0. The average molecular weight is 275 g/mol. The molecule has 0 saturated heterocycles. The second kappa shape index (κ2) is 5.85. The second-order valence-electron chi connectivity index (χ2n) is 5.16. The van der Waals surface area contributed by atoms with E-state index in [1.807, 2.05) is 17.4 Å². The number of halogens is 1. The normalized spacial score (nSPS) is 16.5. The molecular weight excluding hydrogens is 257 g/mol. The van der Waals surface area contributed by atoms with Crippen molar-refractivity contribution in [2.24, 2.45) is 5.92 Å². The summed E-state index contributed by atoms with van der Waals surface area (Å²) in [5.74, 6) is 0.653. The summed E-state index contributed by atoms with van der Waals surface area (Å²) in [6, 6.07) is 11.7. The van der Waals surface area contributed by atoms with Gasteiger partial charge in [-0.1, -0.05) is 18.2 Å². The first-order valence-electron chi connectivity index (χ1n) is 6.84. The zero-order valence-electron chi connectivity index (χ0n) is 10.8. The van der Waals surface area contributed by atoms with Gasteiger partial charge in [-0.2, -0.15) is 0 Å². The van der Waals surface area contributed by atoms with Crippen molar-refractivity contribution in [3.05, 3.63) is 58.0 Å². The minimum absolute atomic E-state index is 0.144.